The summed E-state index contributed by atoms with van der Waals surface area (Å²) in [5, 5.41) is 3.47. The first-order valence-corrected chi connectivity index (χ1v) is 11.3. The quantitative estimate of drug-likeness (QED) is 0.822. The van der Waals surface area contributed by atoms with Gasteiger partial charge in [-0.2, -0.15) is 0 Å². The predicted molar refractivity (Wildman–Crippen MR) is 110 cm³/mol. The zero-order valence-corrected chi connectivity index (χ0v) is 17.8. The van der Waals surface area contributed by atoms with Gasteiger partial charge in [0.05, 0.1) is 6.10 Å². The number of rotatable bonds is 4. The minimum Gasteiger partial charge on any atom is -0.486 e. The van der Waals surface area contributed by atoms with Crippen molar-refractivity contribution in [2.24, 2.45) is 22.7 Å². The standard InChI is InChI=1S/C24H33NO4/c1-4-5-20(26)25-22-23(2,3)16-13-17-21(29-9-8-24(17,22)14-16)15-6-7-18-19(12-15)28-11-10-27-18/h6-7,12,16-17,21-22H,4-5,8-11,13-14H2,1-3H3,(H,25,26)/t16-,17-,21-,22-,24-/m1/s1. The van der Waals surface area contributed by atoms with E-state index in [-0.39, 0.29) is 28.9 Å². The van der Waals surface area contributed by atoms with Gasteiger partial charge < -0.3 is 19.5 Å². The van der Waals surface area contributed by atoms with Gasteiger partial charge in [0, 0.05) is 19.1 Å². The van der Waals surface area contributed by atoms with Crippen molar-refractivity contribution in [3.8, 4) is 11.5 Å². The lowest BCUT2D eigenvalue weighted by Crippen LogP contribution is -2.58. The van der Waals surface area contributed by atoms with Gasteiger partial charge in [0.2, 0.25) is 5.91 Å². The van der Waals surface area contributed by atoms with Gasteiger partial charge >= 0.3 is 0 Å². The Morgan fingerprint density at radius 2 is 1.97 bits per heavy atom. The van der Waals surface area contributed by atoms with Crippen LogP contribution in [0.4, 0.5) is 0 Å². The molecule has 2 bridgehead atoms. The Hall–Kier alpha value is -1.75. The predicted octanol–water partition coefficient (Wildman–Crippen LogP) is 4.26. The Kier molecular flexibility index (Phi) is 4.57. The molecule has 2 aliphatic carbocycles. The van der Waals surface area contributed by atoms with E-state index in [1.54, 1.807) is 0 Å². The molecule has 5 rings (SSSR count). The van der Waals surface area contributed by atoms with E-state index >= 15 is 0 Å². The van der Waals surface area contributed by atoms with Crippen LogP contribution in [0.2, 0.25) is 0 Å². The van der Waals surface area contributed by atoms with Gasteiger partial charge in [-0.3, -0.25) is 4.79 Å². The zero-order valence-electron chi connectivity index (χ0n) is 17.8. The van der Waals surface area contributed by atoms with Crippen molar-refractivity contribution in [3.63, 3.8) is 0 Å². The molecule has 1 saturated heterocycles. The highest BCUT2D eigenvalue weighted by molar-refractivity contribution is 5.76. The van der Waals surface area contributed by atoms with Gasteiger partial charge in [0.1, 0.15) is 13.2 Å². The summed E-state index contributed by atoms with van der Waals surface area (Å²) in [7, 11) is 0. The lowest BCUT2D eigenvalue weighted by atomic mass is 9.59. The lowest BCUT2D eigenvalue weighted by molar-refractivity contribution is -0.137. The maximum atomic E-state index is 12.6. The zero-order chi connectivity index (χ0) is 20.2. The van der Waals surface area contributed by atoms with E-state index in [9.17, 15) is 4.79 Å². The van der Waals surface area contributed by atoms with E-state index in [4.69, 9.17) is 14.2 Å². The number of fused-ring (bicyclic) bond motifs is 2. The molecule has 5 heteroatoms. The number of ether oxygens (including phenoxy) is 3. The summed E-state index contributed by atoms with van der Waals surface area (Å²) in [6, 6.07) is 6.49. The molecule has 158 valence electrons. The molecule has 0 unspecified atom stereocenters. The molecule has 2 heterocycles. The van der Waals surface area contributed by atoms with Crippen LogP contribution in [0, 0.1) is 22.7 Å². The Labute approximate surface area is 173 Å². The number of amides is 1. The molecule has 5 atom stereocenters. The first-order valence-electron chi connectivity index (χ1n) is 11.3. The highest BCUT2D eigenvalue weighted by Crippen LogP contribution is 2.70. The average Bonchev–Trinajstić information content (AvgIpc) is 3.20. The van der Waals surface area contributed by atoms with E-state index in [0.717, 1.165) is 30.9 Å². The summed E-state index contributed by atoms with van der Waals surface area (Å²) in [4.78, 5) is 12.6. The second-order valence-corrected chi connectivity index (χ2v) is 9.99. The fourth-order valence-corrected chi connectivity index (χ4v) is 6.81. The fourth-order valence-electron chi connectivity index (χ4n) is 6.81. The minimum absolute atomic E-state index is 0.0613. The fraction of sp³-hybridized carbons (Fsp3) is 0.708. The van der Waals surface area contributed by atoms with Crippen LogP contribution < -0.4 is 14.8 Å². The van der Waals surface area contributed by atoms with Crippen molar-refractivity contribution in [2.45, 2.75) is 65.0 Å². The number of hydrogen-bond donors (Lipinski definition) is 1. The first kappa shape index (κ1) is 19.2. The van der Waals surface area contributed by atoms with Gasteiger partial charge in [-0.25, -0.2) is 0 Å². The smallest absolute Gasteiger partial charge is 0.220 e. The third-order valence-electron chi connectivity index (χ3n) is 8.18. The number of carbonyl (C=O) groups excluding carboxylic acids is 1. The maximum absolute atomic E-state index is 12.6. The third kappa shape index (κ3) is 2.88. The van der Waals surface area contributed by atoms with E-state index in [1.165, 1.54) is 18.4 Å². The third-order valence-corrected chi connectivity index (χ3v) is 8.18. The van der Waals surface area contributed by atoms with Crippen LogP contribution in [-0.4, -0.2) is 31.8 Å². The molecule has 29 heavy (non-hydrogen) atoms. The van der Waals surface area contributed by atoms with Gasteiger partial charge in [0.15, 0.2) is 11.5 Å². The van der Waals surface area contributed by atoms with Gasteiger partial charge in [0.25, 0.3) is 0 Å². The monoisotopic (exact) mass is 399 g/mol. The molecule has 0 radical (unpaired) electrons. The van der Waals surface area contributed by atoms with Gasteiger partial charge in [-0.05, 0) is 66.0 Å². The molecular weight excluding hydrogens is 366 g/mol. The molecule has 5 nitrogen and oxygen atoms in total. The summed E-state index contributed by atoms with van der Waals surface area (Å²) in [6.45, 7) is 8.73. The first-order chi connectivity index (χ1) is 14.0. The second kappa shape index (κ2) is 6.90. The van der Waals surface area contributed by atoms with E-state index in [2.05, 4.69) is 38.2 Å². The van der Waals surface area contributed by atoms with Crippen LogP contribution >= 0.6 is 0 Å². The summed E-state index contributed by atoms with van der Waals surface area (Å²) < 4.78 is 17.9. The molecule has 3 fully saturated rings. The van der Waals surface area contributed by atoms with Crippen LogP contribution in [0.15, 0.2) is 18.2 Å². The number of hydrogen-bond acceptors (Lipinski definition) is 4. The average molecular weight is 400 g/mol. The molecule has 2 aliphatic heterocycles. The normalized spacial score (nSPS) is 36.5. The number of nitrogens with one attached hydrogen (secondary N) is 1. The summed E-state index contributed by atoms with van der Waals surface area (Å²) >= 11 is 0. The van der Waals surface area contributed by atoms with Crippen molar-refractivity contribution in [2.75, 3.05) is 19.8 Å². The van der Waals surface area contributed by atoms with Crippen LogP contribution in [0.3, 0.4) is 0 Å². The van der Waals surface area contributed by atoms with Crippen LogP contribution in [0.25, 0.3) is 0 Å². The summed E-state index contributed by atoms with van der Waals surface area (Å²) in [5.74, 6) is 2.91. The largest absolute Gasteiger partial charge is 0.486 e. The molecule has 1 amide bonds. The molecule has 1 aromatic rings. The molecule has 4 aliphatic rings. The molecule has 1 aromatic carbocycles. The van der Waals surface area contributed by atoms with Crippen LogP contribution in [-0.2, 0) is 9.53 Å². The van der Waals surface area contributed by atoms with Crippen molar-refractivity contribution in [1.82, 2.24) is 5.32 Å². The molecule has 2 saturated carbocycles. The molecule has 1 spiro atoms. The van der Waals surface area contributed by atoms with E-state index in [0.29, 0.717) is 31.5 Å². The van der Waals surface area contributed by atoms with E-state index < -0.39 is 0 Å². The van der Waals surface area contributed by atoms with E-state index in [1.807, 2.05) is 6.07 Å². The van der Waals surface area contributed by atoms with Gasteiger partial charge in [-0.15, -0.1) is 0 Å². The highest BCUT2D eigenvalue weighted by atomic mass is 16.6. The molecule has 1 N–H and O–H groups in total. The summed E-state index contributed by atoms with van der Waals surface area (Å²) in [5.41, 5.74) is 1.45. The lowest BCUT2D eigenvalue weighted by Gasteiger charge is -2.53. The SMILES string of the molecule is CCCC(=O)N[C@@H]1C(C)(C)[C@@H]2C[C@@H]3[C@@H](c4ccc5c(c4)OCCO5)OCC[C@@]31C2. The molecule has 0 aromatic heterocycles. The van der Waals surface area contributed by atoms with Crippen LogP contribution in [0.1, 0.15) is 64.5 Å². The van der Waals surface area contributed by atoms with Crippen LogP contribution in [0.5, 0.6) is 11.5 Å². The number of benzene rings is 1. The Morgan fingerprint density at radius 3 is 2.76 bits per heavy atom. The van der Waals surface area contributed by atoms with Gasteiger partial charge in [-0.1, -0.05) is 26.8 Å². The Bertz CT molecular complexity index is 806. The maximum Gasteiger partial charge on any atom is 0.220 e. The summed E-state index contributed by atoms with van der Waals surface area (Å²) in [6.07, 6.45) is 4.97. The Balaban J connectivity index is 1.46. The van der Waals surface area contributed by atoms with Crippen molar-refractivity contribution >= 4 is 5.91 Å². The van der Waals surface area contributed by atoms with Crippen molar-refractivity contribution in [3.05, 3.63) is 23.8 Å². The Morgan fingerprint density at radius 1 is 1.17 bits per heavy atom. The molecular formula is C24H33NO4. The van der Waals surface area contributed by atoms with Crippen molar-refractivity contribution in [1.29, 1.82) is 0 Å². The topological polar surface area (TPSA) is 56.8 Å². The minimum atomic E-state index is 0.0613. The highest BCUT2D eigenvalue weighted by Gasteiger charge is 2.68. The number of carbonyl (C=O) groups is 1. The second-order valence-electron chi connectivity index (χ2n) is 9.99. The van der Waals surface area contributed by atoms with Crippen molar-refractivity contribution < 1.29 is 19.0 Å².